The molecule has 7 heteroatoms. The fraction of sp³-hybridized carbons (Fsp3) is 0.222. The number of benzene rings is 2. The van der Waals surface area contributed by atoms with Crippen LogP contribution in [0.5, 0.6) is 11.5 Å². The summed E-state index contributed by atoms with van der Waals surface area (Å²) in [4.78, 5) is 21.7. The fourth-order valence-corrected chi connectivity index (χ4v) is 4.39. The van der Waals surface area contributed by atoms with Gasteiger partial charge in [-0.15, -0.1) is 0 Å². The number of anilines is 3. The molecule has 34 heavy (non-hydrogen) atoms. The van der Waals surface area contributed by atoms with Crippen LogP contribution in [-0.4, -0.2) is 30.1 Å². The predicted octanol–water partition coefficient (Wildman–Crippen LogP) is 5.52. The third-order valence-corrected chi connectivity index (χ3v) is 6.07. The Morgan fingerprint density at radius 3 is 2.53 bits per heavy atom. The summed E-state index contributed by atoms with van der Waals surface area (Å²) in [6.45, 7) is 0. The average molecular weight is 455 g/mol. The summed E-state index contributed by atoms with van der Waals surface area (Å²) < 4.78 is 10.9. The minimum atomic E-state index is -0.250. The van der Waals surface area contributed by atoms with Crippen LogP contribution in [0.3, 0.4) is 0 Å². The van der Waals surface area contributed by atoms with E-state index in [9.17, 15) is 4.79 Å². The van der Waals surface area contributed by atoms with Crippen LogP contribution in [0, 0.1) is 0 Å². The maximum atomic E-state index is 12.7. The second kappa shape index (κ2) is 9.39. The topological polar surface area (TPSA) is 85.4 Å². The van der Waals surface area contributed by atoms with Gasteiger partial charge in [-0.05, 0) is 73.7 Å². The Balaban J connectivity index is 1.57. The summed E-state index contributed by atoms with van der Waals surface area (Å²) in [6, 6.07) is 16.9. The Labute approximate surface area is 198 Å². The number of aryl methyl sites for hydroxylation is 1. The van der Waals surface area contributed by atoms with Crippen molar-refractivity contribution in [3.8, 4) is 11.5 Å². The zero-order chi connectivity index (χ0) is 23.5. The molecular weight excluding hydrogens is 428 g/mol. The van der Waals surface area contributed by atoms with Gasteiger partial charge in [0.15, 0.2) is 11.5 Å². The maximum absolute atomic E-state index is 12.7. The van der Waals surface area contributed by atoms with Crippen molar-refractivity contribution in [1.82, 2.24) is 9.97 Å². The van der Waals surface area contributed by atoms with Gasteiger partial charge in [0.2, 0.25) is 0 Å². The number of carbonyl (C=O) groups excluding carboxylic acids is 1. The number of nitrogens with one attached hydrogen (secondary N) is 2. The molecule has 0 spiro atoms. The number of pyridine rings is 2. The molecule has 0 radical (unpaired) electrons. The van der Waals surface area contributed by atoms with Gasteiger partial charge in [-0.25, -0.2) is 0 Å². The molecule has 7 nitrogen and oxygen atoms in total. The van der Waals surface area contributed by atoms with Gasteiger partial charge < -0.3 is 20.1 Å². The molecule has 0 atom stereocenters. The van der Waals surface area contributed by atoms with E-state index in [1.807, 2.05) is 36.4 Å². The van der Waals surface area contributed by atoms with E-state index in [1.165, 1.54) is 5.56 Å². The minimum absolute atomic E-state index is 0.250. The van der Waals surface area contributed by atoms with Gasteiger partial charge in [0.25, 0.3) is 5.91 Å². The van der Waals surface area contributed by atoms with Crippen LogP contribution in [0.1, 0.15) is 34.6 Å². The Bertz CT molecular complexity index is 1360. The van der Waals surface area contributed by atoms with Crippen molar-refractivity contribution < 1.29 is 14.3 Å². The quantitative estimate of drug-likeness (QED) is 0.399. The number of amides is 1. The molecule has 5 rings (SSSR count). The van der Waals surface area contributed by atoms with Gasteiger partial charge in [-0.1, -0.05) is 6.07 Å². The minimum Gasteiger partial charge on any atom is -0.493 e. The van der Waals surface area contributed by atoms with Crippen LogP contribution in [0.2, 0.25) is 0 Å². The SMILES string of the molecule is COc1ccc(Nc2c3c(nc4ccc(NC(=O)c5ccccn5)cc24)CCCC3)cc1OC. The molecule has 4 aromatic rings. The van der Waals surface area contributed by atoms with Crippen LogP contribution in [0.4, 0.5) is 17.1 Å². The molecule has 1 aliphatic rings. The van der Waals surface area contributed by atoms with Crippen LogP contribution in [0.25, 0.3) is 10.9 Å². The third-order valence-electron chi connectivity index (χ3n) is 6.07. The molecule has 0 unspecified atom stereocenters. The standard InChI is InChI=1S/C27H26N4O3/c1-33-24-13-11-18(16-25(24)34-2)29-26-19-7-3-4-8-21(19)31-22-12-10-17(15-20(22)26)30-27(32)23-9-5-6-14-28-23/h5-6,9-16H,3-4,7-8H2,1-2H3,(H,29,31)(H,30,32). The van der Waals surface area contributed by atoms with Gasteiger partial charge in [0.05, 0.1) is 25.4 Å². The van der Waals surface area contributed by atoms with Crippen molar-refractivity contribution in [1.29, 1.82) is 0 Å². The van der Waals surface area contributed by atoms with E-state index in [-0.39, 0.29) is 5.91 Å². The van der Waals surface area contributed by atoms with Crippen molar-refractivity contribution in [3.05, 3.63) is 77.7 Å². The van der Waals surface area contributed by atoms with Crippen molar-refractivity contribution >= 4 is 33.9 Å². The molecule has 2 N–H and O–H groups in total. The fourth-order valence-electron chi connectivity index (χ4n) is 4.39. The largest absolute Gasteiger partial charge is 0.493 e. The first-order valence-electron chi connectivity index (χ1n) is 11.3. The van der Waals surface area contributed by atoms with Crippen molar-refractivity contribution in [2.24, 2.45) is 0 Å². The van der Waals surface area contributed by atoms with E-state index in [0.29, 0.717) is 22.9 Å². The number of aromatic nitrogens is 2. The number of nitrogens with zero attached hydrogens (tertiary/aromatic N) is 2. The van der Waals surface area contributed by atoms with Crippen LogP contribution >= 0.6 is 0 Å². The zero-order valence-electron chi connectivity index (χ0n) is 19.2. The normalized spacial score (nSPS) is 12.6. The Morgan fingerprint density at radius 1 is 0.912 bits per heavy atom. The van der Waals surface area contributed by atoms with E-state index >= 15 is 0 Å². The van der Waals surface area contributed by atoms with E-state index < -0.39 is 0 Å². The lowest BCUT2D eigenvalue weighted by Gasteiger charge is -2.22. The molecule has 172 valence electrons. The molecule has 0 saturated heterocycles. The number of ether oxygens (including phenoxy) is 2. The summed E-state index contributed by atoms with van der Waals surface area (Å²) in [7, 11) is 3.25. The molecule has 2 aromatic carbocycles. The van der Waals surface area contributed by atoms with Crippen molar-refractivity contribution in [3.63, 3.8) is 0 Å². The van der Waals surface area contributed by atoms with E-state index in [2.05, 4.69) is 15.6 Å². The molecule has 1 amide bonds. The summed E-state index contributed by atoms with van der Waals surface area (Å²) >= 11 is 0. The monoisotopic (exact) mass is 454 g/mol. The Morgan fingerprint density at radius 2 is 1.74 bits per heavy atom. The first-order chi connectivity index (χ1) is 16.7. The average Bonchev–Trinajstić information content (AvgIpc) is 2.89. The molecule has 0 saturated carbocycles. The number of carbonyl (C=O) groups is 1. The molecule has 2 heterocycles. The van der Waals surface area contributed by atoms with Gasteiger partial charge in [0, 0.05) is 34.7 Å². The van der Waals surface area contributed by atoms with Crippen molar-refractivity contribution in [2.45, 2.75) is 25.7 Å². The third kappa shape index (κ3) is 4.24. The van der Waals surface area contributed by atoms with Gasteiger partial charge in [-0.2, -0.15) is 0 Å². The van der Waals surface area contributed by atoms with E-state index in [4.69, 9.17) is 14.5 Å². The lowest BCUT2D eigenvalue weighted by atomic mass is 9.92. The second-order valence-electron chi connectivity index (χ2n) is 8.21. The van der Waals surface area contributed by atoms with Crippen LogP contribution in [-0.2, 0) is 12.8 Å². The Hall–Kier alpha value is -4.13. The predicted molar refractivity (Wildman–Crippen MR) is 133 cm³/mol. The summed E-state index contributed by atoms with van der Waals surface area (Å²) in [5.74, 6) is 1.08. The summed E-state index contributed by atoms with van der Waals surface area (Å²) in [5, 5.41) is 7.53. The van der Waals surface area contributed by atoms with E-state index in [1.54, 1.807) is 38.6 Å². The first-order valence-corrected chi connectivity index (χ1v) is 11.3. The lowest BCUT2D eigenvalue weighted by molar-refractivity contribution is 0.102. The number of rotatable bonds is 6. The van der Waals surface area contributed by atoms with Crippen LogP contribution < -0.4 is 20.1 Å². The van der Waals surface area contributed by atoms with Crippen molar-refractivity contribution in [2.75, 3.05) is 24.9 Å². The smallest absolute Gasteiger partial charge is 0.274 e. The number of methoxy groups -OCH3 is 2. The highest BCUT2D eigenvalue weighted by atomic mass is 16.5. The molecule has 1 aliphatic carbocycles. The highest BCUT2D eigenvalue weighted by Gasteiger charge is 2.20. The molecule has 0 fully saturated rings. The number of hydrogen-bond donors (Lipinski definition) is 2. The second-order valence-corrected chi connectivity index (χ2v) is 8.21. The zero-order valence-corrected chi connectivity index (χ0v) is 19.2. The van der Waals surface area contributed by atoms with Gasteiger partial charge >= 0.3 is 0 Å². The van der Waals surface area contributed by atoms with Gasteiger partial charge in [-0.3, -0.25) is 14.8 Å². The molecular formula is C27H26N4O3. The maximum Gasteiger partial charge on any atom is 0.274 e. The highest BCUT2D eigenvalue weighted by Crippen LogP contribution is 2.38. The molecule has 2 aromatic heterocycles. The van der Waals surface area contributed by atoms with Gasteiger partial charge in [0.1, 0.15) is 5.69 Å². The highest BCUT2D eigenvalue weighted by molar-refractivity contribution is 6.05. The van der Waals surface area contributed by atoms with Crippen LogP contribution in [0.15, 0.2) is 60.8 Å². The number of hydrogen-bond acceptors (Lipinski definition) is 6. The lowest BCUT2D eigenvalue weighted by Crippen LogP contribution is -2.14. The Kier molecular flexibility index (Phi) is 5.99. The van der Waals surface area contributed by atoms with E-state index in [0.717, 1.165) is 53.7 Å². The summed E-state index contributed by atoms with van der Waals surface area (Å²) in [5.41, 5.74) is 6.21. The first kappa shape index (κ1) is 21.7. The number of fused-ring (bicyclic) bond motifs is 2. The molecule has 0 bridgehead atoms. The summed E-state index contributed by atoms with van der Waals surface area (Å²) in [6.07, 6.45) is 5.79. The molecule has 0 aliphatic heterocycles.